The molecule has 1 aromatic carbocycles. The van der Waals surface area contributed by atoms with Gasteiger partial charge >= 0.3 is 0 Å². The van der Waals surface area contributed by atoms with Gasteiger partial charge in [-0.05, 0) is 0 Å². The highest BCUT2D eigenvalue weighted by atomic mass is 16.5. The van der Waals surface area contributed by atoms with Crippen LogP contribution in [-0.2, 0) is 6.54 Å². The summed E-state index contributed by atoms with van der Waals surface area (Å²) in [5.74, 6) is 0. The van der Waals surface area contributed by atoms with E-state index in [9.17, 15) is 5.21 Å². The number of rotatable bonds is 2. The average Bonchev–Trinajstić information content (AvgIpc) is 2.54. The summed E-state index contributed by atoms with van der Waals surface area (Å²) in [7, 11) is 0. The molecule has 0 unspecified atom stereocenters. The highest BCUT2D eigenvalue weighted by molar-refractivity contribution is 5.13. The second kappa shape index (κ2) is 3.48. The van der Waals surface area contributed by atoms with Crippen molar-refractivity contribution in [1.29, 1.82) is 0 Å². The monoisotopic (exact) mass is 177 g/mol. The second-order valence-electron chi connectivity index (χ2n) is 3.86. The summed E-state index contributed by atoms with van der Waals surface area (Å²) in [6, 6.07) is 10.1. The van der Waals surface area contributed by atoms with Gasteiger partial charge in [-0.3, -0.25) is 0 Å². The van der Waals surface area contributed by atoms with Crippen LogP contribution in [0, 0.1) is 5.21 Å². The molecule has 0 radical (unpaired) electrons. The van der Waals surface area contributed by atoms with Crippen molar-refractivity contribution in [3.63, 3.8) is 0 Å². The van der Waals surface area contributed by atoms with Crippen molar-refractivity contribution in [2.45, 2.75) is 19.4 Å². The molecule has 0 aliphatic carbocycles. The number of hydrogen-bond donors (Lipinski definition) is 0. The lowest BCUT2D eigenvalue weighted by Gasteiger charge is -2.38. The van der Waals surface area contributed by atoms with E-state index in [1.165, 1.54) is 5.56 Å². The van der Waals surface area contributed by atoms with Gasteiger partial charge < -0.3 is 9.85 Å². The van der Waals surface area contributed by atoms with Gasteiger partial charge in [0, 0.05) is 18.4 Å². The molecule has 0 atom stereocenters. The van der Waals surface area contributed by atoms with Crippen molar-refractivity contribution in [3.05, 3.63) is 41.1 Å². The van der Waals surface area contributed by atoms with E-state index < -0.39 is 0 Å². The largest absolute Gasteiger partial charge is 0.633 e. The number of benzene rings is 1. The van der Waals surface area contributed by atoms with Gasteiger partial charge in [-0.15, -0.1) is 0 Å². The normalized spacial score (nSPS) is 20.4. The van der Waals surface area contributed by atoms with E-state index in [0.717, 1.165) is 25.9 Å². The molecule has 70 valence electrons. The zero-order chi connectivity index (χ0) is 9.15. The van der Waals surface area contributed by atoms with Crippen LogP contribution in [0.25, 0.3) is 0 Å². The molecule has 0 aromatic heterocycles. The first-order valence-corrected chi connectivity index (χ1v) is 4.90. The highest BCUT2D eigenvalue weighted by Gasteiger charge is 2.22. The van der Waals surface area contributed by atoms with Crippen LogP contribution in [0.3, 0.4) is 0 Å². The molecule has 0 saturated carbocycles. The van der Waals surface area contributed by atoms with Crippen LogP contribution < -0.4 is 0 Å². The molecule has 1 aromatic rings. The molecule has 0 bridgehead atoms. The topological polar surface area (TPSA) is 23.1 Å². The van der Waals surface area contributed by atoms with Crippen LogP contribution >= 0.6 is 0 Å². The Kier molecular flexibility index (Phi) is 2.34. The number of hydroxylamine groups is 3. The molecule has 1 saturated heterocycles. The van der Waals surface area contributed by atoms with Crippen molar-refractivity contribution in [2.75, 3.05) is 13.1 Å². The smallest absolute Gasteiger partial charge is 0.104 e. The quantitative estimate of drug-likeness (QED) is 0.502. The van der Waals surface area contributed by atoms with Crippen molar-refractivity contribution < 1.29 is 4.65 Å². The van der Waals surface area contributed by atoms with Gasteiger partial charge in [0.15, 0.2) is 0 Å². The minimum atomic E-state index is -0.00991. The lowest BCUT2D eigenvalue weighted by Crippen LogP contribution is -2.37. The molecule has 1 aliphatic heterocycles. The molecule has 1 fully saturated rings. The van der Waals surface area contributed by atoms with Crippen LogP contribution in [0.5, 0.6) is 0 Å². The van der Waals surface area contributed by atoms with E-state index in [1.807, 2.05) is 30.3 Å². The fraction of sp³-hybridized carbons (Fsp3) is 0.455. The summed E-state index contributed by atoms with van der Waals surface area (Å²) >= 11 is 0. The number of nitrogens with zero attached hydrogens (tertiary/aromatic N) is 1. The molecule has 1 aliphatic rings. The first kappa shape index (κ1) is 8.73. The lowest BCUT2D eigenvalue weighted by atomic mass is 10.2. The van der Waals surface area contributed by atoms with E-state index in [-0.39, 0.29) is 4.65 Å². The summed E-state index contributed by atoms with van der Waals surface area (Å²) in [5, 5.41) is 12.0. The molecule has 2 heteroatoms. The van der Waals surface area contributed by atoms with Crippen LogP contribution in [0.15, 0.2) is 30.3 Å². The molecular formula is C11H15NO. The van der Waals surface area contributed by atoms with Crippen molar-refractivity contribution in [1.82, 2.24) is 0 Å². The minimum absolute atomic E-state index is 0.00991. The number of hydrogen-bond acceptors (Lipinski definition) is 1. The summed E-state index contributed by atoms with van der Waals surface area (Å²) in [5.41, 5.74) is 1.17. The predicted molar refractivity (Wildman–Crippen MR) is 52.7 cm³/mol. The van der Waals surface area contributed by atoms with Crippen molar-refractivity contribution >= 4 is 0 Å². The third kappa shape index (κ3) is 2.08. The second-order valence-corrected chi connectivity index (χ2v) is 3.86. The van der Waals surface area contributed by atoms with Gasteiger partial charge in [0.1, 0.15) is 6.54 Å². The minimum Gasteiger partial charge on any atom is -0.633 e. The van der Waals surface area contributed by atoms with Gasteiger partial charge in [-0.2, -0.15) is 0 Å². The van der Waals surface area contributed by atoms with Crippen LogP contribution in [0.1, 0.15) is 18.4 Å². The van der Waals surface area contributed by atoms with Gasteiger partial charge in [-0.1, -0.05) is 30.3 Å². The van der Waals surface area contributed by atoms with Gasteiger partial charge in [0.25, 0.3) is 0 Å². The summed E-state index contributed by atoms with van der Waals surface area (Å²) in [6.07, 6.45) is 2.19. The summed E-state index contributed by atoms with van der Waals surface area (Å²) < 4.78 is -0.00991. The molecule has 0 N–H and O–H groups in total. The first-order valence-electron chi connectivity index (χ1n) is 4.90. The maximum Gasteiger partial charge on any atom is 0.104 e. The van der Waals surface area contributed by atoms with Crippen LogP contribution in [0.4, 0.5) is 0 Å². The Bertz CT molecular complexity index is 265. The molecule has 0 spiro atoms. The van der Waals surface area contributed by atoms with Gasteiger partial charge in [-0.25, -0.2) is 0 Å². The van der Waals surface area contributed by atoms with Crippen molar-refractivity contribution in [3.8, 4) is 0 Å². The Morgan fingerprint density at radius 3 is 2.31 bits per heavy atom. The molecule has 2 rings (SSSR count). The first-order chi connectivity index (χ1) is 6.29. The van der Waals surface area contributed by atoms with Crippen LogP contribution in [-0.4, -0.2) is 17.7 Å². The summed E-state index contributed by atoms with van der Waals surface area (Å²) in [6.45, 7) is 2.25. The third-order valence-electron chi connectivity index (χ3n) is 2.69. The molecular weight excluding hydrogens is 162 g/mol. The SMILES string of the molecule is [O-][N+]1(Cc2ccccc2)CCCC1. The summed E-state index contributed by atoms with van der Waals surface area (Å²) in [4.78, 5) is 0. The Labute approximate surface area is 79.0 Å². The highest BCUT2D eigenvalue weighted by Crippen LogP contribution is 2.21. The predicted octanol–water partition coefficient (Wildman–Crippen LogP) is 2.29. The Hall–Kier alpha value is -0.860. The van der Waals surface area contributed by atoms with E-state index in [2.05, 4.69) is 0 Å². The van der Waals surface area contributed by atoms with Gasteiger partial charge in [0.05, 0.1) is 13.1 Å². The standard InChI is InChI=1S/C11H15NO/c13-12(8-4-5-9-12)10-11-6-2-1-3-7-11/h1-3,6-7H,4-5,8-10H2. The van der Waals surface area contributed by atoms with Gasteiger partial charge in [0.2, 0.25) is 0 Å². The van der Waals surface area contributed by atoms with Crippen LogP contribution in [0.2, 0.25) is 0 Å². The van der Waals surface area contributed by atoms with E-state index >= 15 is 0 Å². The maximum absolute atomic E-state index is 12.0. The van der Waals surface area contributed by atoms with E-state index in [1.54, 1.807) is 0 Å². The Morgan fingerprint density at radius 1 is 1.08 bits per heavy atom. The third-order valence-corrected chi connectivity index (χ3v) is 2.69. The Morgan fingerprint density at radius 2 is 1.69 bits per heavy atom. The Balaban J connectivity index is 2.05. The number of likely N-dealkylation sites (tertiary alicyclic amines) is 1. The van der Waals surface area contributed by atoms with E-state index in [4.69, 9.17) is 0 Å². The zero-order valence-corrected chi connectivity index (χ0v) is 7.78. The molecule has 13 heavy (non-hydrogen) atoms. The molecule has 1 heterocycles. The van der Waals surface area contributed by atoms with E-state index in [0.29, 0.717) is 6.54 Å². The zero-order valence-electron chi connectivity index (χ0n) is 7.78. The average molecular weight is 177 g/mol. The molecule has 0 amide bonds. The molecule has 2 nitrogen and oxygen atoms in total. The fourth-order valence-electron chi connectivity index (χ4n) is 1.99. The number of quaternary nitrogens is 1. The van der Waals surface area contributed by atoms with Crippen molar-refractivity contribution in [2.24, 2.45) is 0 Å². The fourth-order valence-corrected chi connectivity index (χ4v) is 1.99. The lowest BCUT2D eigenvalue weighted by molar-refractivity contribution is -0.881. The maximum atomic E-state index is 12.0.